The van der Waals surface area contributed by atoms with Crippen molar-refractivity contribution in [3.8, 4) is 0 Å². The number of aliphatic carboxylic acids is 1. The van der Waals surface area contributed by atoms with Crippen LogP contribution in [0.3, 0.4) is 0 Å². The van der Waals surface area contributed by atoms with Gasteiger partial charge in [-0.25, -0.2) is 9.78 Å². The van der Waals surface area contributed by atoms with Gasteiger partial charge in [0.2, 0.25) is 0 Å². The van der Waals surface area contributed by atoms with Crippen molar-refractivity contribution in [3.05, 3.63) is 21.3 Å². The van der Waals surface area contributed by atoms with Crippen molar-refractivity contribution in [2.24, 2.45) is 0 Å². The number of hydrogen-bond donors (Lipinski definition) is 3. The molecule has 2 atom stereocenters. The zero-order chi connectivity index (χ0) is 19.2. The summed E-state index contributed by atoms with van der Waals surface area (Å²) in [7, 11) is 0. The number of halogens is 1. The average Bonchev–Trinajstić information content (AvgIpc) is 2.95. The molecule has 2 aliphatic rings. The van der Waals surface area contributed by atoms with E-state index in [1.54, 1.807) is 0 Å². The second kappa shape index (κ2) is 6.89. The van der Waals surface area contributed by atoms with E-state index in [4.69, 9.17) is 17.3 Å². The Morgan fingerprint density at radius 3 is 2.69 bits per heavy atom. The molecule has 4 N–H and O–H groups in total. The van der Waals surface area contributed by atoms with Gasteiger partial charge in [-0.1, -0.05) is 29.9 Å². The number of fused-ring (bicyclic) bond motifs is 1. The van der Waals surface area contributed by atoms with Gasteiger partial charge in [0.1, 0.15) is 27.1 Å². The molecule has 0 bridgehead atoms. The fraction of sp³-hybridized carbons (Fsp3) is 0.357. The van der Waals surface area contributed by atoms with Crippen LogP contribution in [0.25, 0.3) is 0 Å². The Hall–Kier alpha value is -2.11. The lowest BCUT2D eigenvalue weighted by Crippen LogP contribution is -2.71. The van der Waals surface area contributed by atoms with E-state index < -0.39 is 35.0 Å². The molecule has 0 aromatic carbocycles. The minimum atomic E-state index is -1.19. The third kappa shape index (κ3) is 2.95. The van der Waals surface area contributed by atoms with Crippen LogP contribution in [0.2, 0.25) is 4.34 Å². The van der Waals surface area contributed by atoms with Gasteiger partial charge in [0.05, 0.1) is 0 Å². The number of thioether (sulfide) groups is 1. The molecule has 3 heterocycles. The molecule has 0 aliphatic carbocycles. The Morgan fingerprint density at radius 2 is 2.15 bits per heavy atom. The van der Waals surface area contributed by atoms with Crippen LogP contribution in [0.15, 0.2) is 11.3 Å². The number of Topliss-reactive ketones (excluding diaryl/α,β-unsaturated/α-hetero) is 1. The number of carboxylic acids is 1. The monoisotopic (exact) mass is 416 g/mol. The number of rotatable bonds is 5. The molecular formula is C14H13ClN4O5S2. The molecule has 0 spiro atoms. The first-order chi connectivity index (χ1) is 12.3. The minimum absolute atomic E-state index is 0.0139. The molecule has 1 aromatic heterocycles. The average molecular weight is 417 g/mol. The van der Waals surface area contributed by atoms with Crippen molar-refractivity contribution in [3.63, 3.8) is 0 Å². The zero-order valence-corrected chi connectivity index (χ0v) is 15.7. The van der Waals surface area contributed by atoms with Gasteiger partial charge in [0, 0.05) is 5.75 Å². The predicted molar refractivity (Wildman–Crippen MR) is 95.8 cm³/mol. The third-order valence-electron chi connectivity index (χ3n) is 3.99. The number of amides is 2. The van der Waals surface area contributed by atoms with Gasteiger partial charge in [-0.2, -0.15) is 0 Å². The summed E-state index contributed by atoms with van der Waals surface area (Å²) >= 11 is 8.01. The number of carbonyl (C=O) groups is 4. The number of carbonyl (C=O) groups excluding carboxylic acids is 3. The maximum Gasteiger partial charge on any atom is 0.352 e. The highest BCUT2D eigenvalue weighted by molar-refractivity contribution is 8.00. The maximum atomic E-state index is 12.4. The van der Waals surface area contributed by atoms with Crippen LogP contribution in [-0.4, -0.2) is 55.7 Å². The van der Waals surface area contributed by atoms with Crippen LogP contribution in [-0.2, 0) is 14.4 Å². The number of anilines is 1. The summed E-state index contributed by atoms with van der Waals surface area (Å²) in [5.41, 5.74) is 5.78. The molecule has 3 rings (SSSR count). The number of nitrogens with two attached hydrogens (primary N) is 1. The number of ketones is 1. The van der Waals surface area contributed by atoms with E-state index >= 15 is 0 Å². The first-order valence-corrected chi connectivity index (χ1v) is 9.67. The highest BCUT2D eigenvalue weighted by atomic mass is 35.5. The van der Waals surface area contributed by atoms with E-state index in [-0.39, 0.29) is 20.9 Å². The number of β-lactam (4-membered cyclic amide) rings is 1. The van der Waals surface area contributed by atoms with Gasteiger partial charge < -0.3 is 16.2 Å². The standard InChI is InChI=1S/C14H13ClN4O5S2/c1-2-4-3-25-12-6(11(22)19(12)7(4)13(23)24)17-10(21)8(20)5-9(15)26-14(16)18-5/h6,12H,2-3H2,1H3,(H2,16,18)(H,17,21)(H,23,24)/t6-,12-/m1/s1. The van der Waals surface area contributed by atoms with E-state index in [9.17, 15) is 24.3 Å². The highest BCUT2D eigenvalue weighted by Gasteiger charge is 2.54. The number of nitrogens with zero attached hydrogens (tertiary/aromatic N) is 2. The van der Waals surface area contributed by atoms with Crippen LogP contribution >= 0.6 is 34.7 Å². The van der Waals surface area contributed by atoms with Crippen molar-refractivity contribution >= 4 is 63.4 Å². The molecule has 26 heavy (non-hydrogen) atoms. The summed E-state index contributed by atoms with van der Waals surface area (Å²) in [6, 6.07) is -0.987. The molecule has 2 aliphatic heterocycles. The molecule has 2 amide bonds. The Balaban J connectivity index is 1.75. The summed E-state index contributed by atoms with van der Waals surface area (Å²) in [6.45, 7) is 1.81. The Morgan fingerprint density at radius 1 is 1.46 bits per heavy atom. The molecule has 9 nitrogen and oxygen atoms in total. The molecule has 12 heteroatoms. The molecule has 1 saturated heterocycles. The second-order valence-corrected chi connectivity index (χ2v) is 8.21. The van der Waals surface area contributed by atoms with Gasteiger partial charge in [-0.15, -0.1) is 11.8 Å². The smallest absolute Gasteiger partial charge is 0.352 e. The second-order valence-electron chi connectivity index (χ2n) is 5.48. The van der Waals surface area contributed by atoms with Gasteiger partial charge in [0.15, 0.2) is 5.13 Å². The number of nitrogens with one attached hydrogen (secondary N) is 1. The van der Waals surface area contributed by atoms with Crippen molar-refractivity contribution in [1.29, 1.82) is 0 Å². The van der Waals surface area contributed by atoms with E-state index in [1.807, 2.05) is 6.92 Å². The molecule has 0 radical (unpaired) electrons. The number of thiazole rings is 1. The van der Waals surface area contributed by atoms with Crippen LogP contribution < -0.4 is 11.1 Å². The molecule has 1 fully saturated rings. The van der Waals surface area contributed by atoms with E-state index in [2.05, 4.69) is 10.3 Å². The first-order valence-electron chi connectivity index (χ1n) is 7.43. The Kier molecular flexibility index (Phi) is 4.95. The normalized spacial score (nSPS) is 21.9. The maximum absolute atomic E-state index is 12.4. The Bertz CT molecular complexity index is 868. The molecule has 1 aromatic rings. The fourth-order valence-electron chi connectivity index (χ4n) is 2.73. The molecule has 138 valence electrons. The van der Waals surface area contributed by atoms with Crippen molar-refractivity contribution in [2.75, 3.05) is 11.5 Å². The topological polar surface area (TPSA) is 143 Å². The predicted octanol–water partition coefficient (Wildman–Crippen LogP) is 0.710. The number of aromatic nitrogens is 1. The molecule has 0 unspecified atom stereocenters. The summed E-state index contributed by atoms with van der Waals surface area (Å²) in [5.74, 6) is -3.38. The lowest BCUT2D eigenvalue weighted by Gasteiger charge is -2.49. The lowest BCUT2D eigenvalue weighted by atomic mass is 10.0. The highest BCUT2D eigenvalue weighted by Crippen LogP contribution is 2.41. The summed E-state index contributed by atoms with van der Waals surface area (Å²) in [6.07, 6.45) is 0.504. The summed E-state index contributed by atoms with van der Waals surface area (Å²) < 4.78 is -0.0139. The molecule has 0 saturated carbocycles. The Labute approximate surface area is 160 Å². The zero-order valence-electron chi connectivity index (χ0n) is 13.3. The fourth-order valence-corrected chi connectivity index (χ4v) is 5.09. The van der Waals surface area contributed by atoms with Crippen LogP contribution in [0.5, 0.6) is 0 Å². The van der Waals surface area contributed by atoms with Gasteiger partial charge >= 0.3 is 5.97 Å². The summed E-state index contributed by atoms with van der Waals surface area (Å²) in [5, 5.41) is 11.2. The minimum Gasteiger partial charge on any atom is -0.477 e. The van der Waals surface area contributed by atoms with Gasteiger partial charge in [-0.3, -0.25) is 19.3 Å². The SMILES string of the molecule is CCC1=C(C(=O)O)N2C(=O)[C@@H](NC(=O)C(=O)c3nc(N)sc3Cl)[C@H]2SC1. The van der Waals surface area contributed by atoms with Crippen molar-refractivity contribution in [2.45, 2.75) is 24.8 Å². The van der Waals surface area contributed by atoms with Gasteiger partial charge in [-0.05, 0) is 12.0 Å². The van der Waals surface area contributed by atoms with Crippen molar-refractivity contribution in [1.82, 2.24) is 15.2 Å². The molecular weight excluding hydrogens is 404 g/mol. The van der Waals surface area contributed by atoms with E-state index in [0.29, 0.717) is 17.7 Å². The van der Waals surface area contributed by atoms with Crippen LogP contribution in [0.4, 0.5) is 5.13 Å². The first kappa shape index (κ1) is 18.7. The largest absolute Gasteiger partial charge is 0.477 e. The summed E-state index contributed by atoms with van der Waals surface area (Å²) in [4.78, 5) is 53.0. The lowest BCUT2D eigenvalue weighted by molar-refractivity contribution is -0.150. The number of carboxylic acid groups (broad SMARTS) is 1. The van der Waals surface area contributed by atoms with E-state index in [1.165, 1.54) is 11.8 Å². The van der Waals surface area contributed by atoms with Crippen LogP contribution in [0.1, 0.15) is 23.8 Å². The number of hydrogen-bond acceptors (Lipinski definition) is 8. The van der Waals surface area contributed by atoms with Gasteiger partial charge in [0.25, 0.3) is 17.6 Å². The quantitative estimate of drug-likeness (QED) is 0.362. The van der Waals surface area contributed by atoms with E-state index in [0.717, 1.165) is 16.2 Å². The third-order valence-corrected chi connectivity index (χ3v) is 6.41. The number of nitrogen functional groups attached to an aromatic ring is 1. The van der Waals surface area contributed by atoms with Crippen molar-refractivity contribution < 1.29 is 24.3 Å². The van der Waals surface area contributed by atoms with Crippen LogP contribution in [0, 0.1) is 0 Å².